The fraction of sp³-hybridized carbons (Fsp3) is 0.474. The first-order valence-electron chi connectivity index (χ1n) is 27.2. The summed E-state index contributed by atoms with van der Waals surface area (Å²) in [6, 6.07) is 15.8. The zero-order chi connectivity index (χ0) is 61.6. The number of ether oxygens (including phenoxy) is 1. The number of primary amides is 1. The summed E-state index contributed by atoms with van der Waals surface area (Å²) in [4.78, 5) is 156. The van der Waals surface area contributed by atoms with Crippen molar-refractivity contribution >= 4 is 76.6 Å². The van der Waals surface area contributed by atoms with E-state index in [1.165, 1.54) is 13.8 Å². The van der Waals surface area contributed by atoms with Crippen LogP contribution in [0.1, 0.15) is 84.8 Å². The predicted octanol–water partition coefficient (Wildman–Crippen LogP) is -0.793. The van der Waals surface area contributed by atoms with E-state index in [0.29, 0.717) is 30.7 Å². The summed E-state index contributed by atoms with van der Waals surface area (Å²) < 4.78 is 5.21. The van der Waals surface area contributed by atoms with E-state index in [1.54, 1.807) is 87.7 Å². The van der Waals surface area contributed by atoms with Gasteiger partial charge in [-0.15, -0.1) is 0 Å². The molecular formula is C57H80N12O14. The second-order valence-corrected chi connectivity index (χ2v) is 20.5. The van der Waals surface area contributed by atoms with Crippen LogP contribution < -0.4 is 69.0 Å². The quantitative estimate of drug-likeness (QED) is 0.0317. The summed E-state index contributed by atoms with van der Waals surface area (Å²) in [6.45, 7) is 7.86. The van der Waals surface area contributed by atoms with Gasteiger partial charge in [0.1, 0.15) is 48.0 Å². The largest absolute Gasteiger partial charge is 0.497 e. The molecule has 0 spiro atoms. The number of nitrogens with two attached hydrogens (primary N) is 1. The summed E-state index contributed by atoms with van der Waals surface area (Å²) in [5.74, 6) is -10.1. The average molecular weight is 1160 g/mol. The Bertz CT molecular complexity index is 2680. The molecule has 0 saturated carbocycles. The van der Waals surface area contributed by atoms with Gasteiger partial charge in [0.05, 0.1) is 33.2 Å². The molecule has 0 aromatic heterocycles. The Hall–Kier alpha value is -9.10. The van der Waals surface area contributed by atoms with E-state index >= 15 is 0 Å². The van der Waals surface area contributed by atoms with Crippen LogP contribution >= 0.6 is 0 Å². The SMILES string of the molecule is COc1ccc(NCCCC[C@H](NC(=O)CNC(=O)[C@H](CC(C)C)NC(=O)[C@H](Cc2ccccc2)NC(C)=O)C(=O)NCC(=O)N[C@H](C(=O)NCC(=O)N[C@@H](CC(N)=O)C(=O)N[C@@H](C)C(=O)N[C@@H](Cc2ccccc2)C(=O)O)C(C)C)cc1. The minimum Gasteiger partial charge on any atom is -0.497 e. The monoisotopic (exact) mass is 1160 g/mol. The first-order chi connectivity index (χ1) is 39.3. The molecule has 0 heterocycles. The molecule has 0 bridgehead atoms. The molecule has 0 aliphatic rings. The third-order valence-corrected chi connectivity index (χ3v) is 12.5. The number of carboxylic acid groups (broad SMARTS) is 1. The third-order valence-electron chi connectivity index (χ3n) is 12.5. The first kappa shape index (κ1) is 68.2. The normalized spacial score (nSPS) is 13.4. The van der Waals surface area contributed by atoms with E-state index in [-0.39, 0.29) is 31.6 Å². The second-order valence-electron chi connectivity index (χ2n) is 20.5. The van der Waals surface area contributed by atoms with Gasteiger partial charge in [0.2, 0.25) is 65.0 Å². The molecule has 0 aliphatic carbocycles. The van der Waals surface area contributed by atoms with Gasteiger partial charge in [0.25, 0.3) is 0 Å². The molecule has 26 heteroatoms. The van der Waals surface area contributed by atoms with Gasteiger partial charge in [-0.3, -0.25) is 52.7 Å². The van der Waals surface area contributed by atoms with Crippen molar-refractivity contribution in [3.63, 3.8) is 0 Å². The van der Waals surface area contributed by atoms with Crippen molar-refractivity contribution in [2.24, 2.45) is 17.6 Å². The highest BCUT2D eigenvalue weighted by Gasteiger charge is 2.32. The lowest BCUT2D eigenvalue weighted by Crippen LogP contribution is -2.57. The summed E-state index contributed by atoms with van der Waals surface area (Å²) >= 11 is 0. The minimum absolute atomic E-state index is 0.0558. The van der Waals surface area contributed by atoms with Gasteiger partial charge < -0.3 is 74.1 Å². The molecule has 11 amide bonds. The maximum Gasteiger partial charge on any atom is 0.326 e. The topological polar surface area (TPSA) is 393 Å². The predicted molar refractivity (Wildman–Crippen MR) is 305 cm³/mol. The van der Waals surface area contributed by atoms with Crippen LogP contribution in [0.4, 0.5) is 5.69 Å². The van der Waals surface area contributed by atoms with Crippen molar-refractivity contribution in [1.82, 2.24) is 53.2 Å². The number of carbonyl (C=O) groups is 12. The molecule has 452 valence electrons. The summed E-state index contributed by atoms with van der Waals surface area (Å²) in [6.07, 6.45) is 0.591. The summed E-state index contributed by atoms with van der Waals surface area (Å²) in [7, 11) is 1.55. The van der Waals surface area contributed by atoms with Crippen LogP contribution in [0.25, 0.3) is 0 Å². The molecule has 0 radical (unpaired) electrons. The van der Waals surface area contributed by atoms with E-state index in [4.69, 9.17) is 10.5 Å². The van der Waals surface area contributed by atoms with E-state index in [2.05, 4.69) is 58.5 Å². The number of rotatable bonds is 36. The van der Waals surface area contributed by atoms with Crippen LogP contribution in [0.5, 0.6) is 5.75 Å². The van der Waals surface area contributed by atoms with Gasteiger partial charge in [0.15, 0.2) is 0 Å². The Morgan fingerprint density at radius 2 is 1.01 bits per heavy atom. The van der Waals surface area contributed by atoms with Crippen LogP contribution in [-0.4, -0.2) is 152 Å². The van der Waals surface area contributed by atoms with Crippen molar-refractivity contribution in [1.29, 1.82) is 0 Å². The number of carboxylic acids is 1. The highest BCUT2D eigenvalue weighted by atomic mass is 16.5. The molecule has 0 fully saturated rings. The first-order valence-corrected chi connectivity index (χ1v) is 27.2. The maximum absolute atomic E-state index is 13.7. The number of carbonyl (C=O) groups excluding carboxylic acids is 11. The van der Waals surface area contributed by atoms with E-state index in [0.717, 1.165) is 11.3 Å². The van der Waals surface area contributed by atoms with E-state index in [9.17, 15) is 62.6 Å². The molecule has 26 nitrogen and oxygen atoms in total. The number of methoxy groups -OCH3 is 1. The molecule has 3 rings (SSSR count). The number of unbranched alkanes of at least 4 members (excludes halogenated alkanes) is 1. The van der Waals surface area contributed by atoms with Crippen molar-refractivity contribution in [3.8, 4) is 5.75 Å². The number of hydrogen-bond donors (Lipinski definition) is 13. The third kappa shape index (κ3) is 26.4. The van der Waals surface area contributed by atoms with Gasteiger partial charge in [-0.1, -0.05) is 88.4 Å². The molecule has 83 heavy (non-hydrogen) atoms. The molecule has 3 aromatic rings. The molecule has 14 N–H and O–H groups in total. The Labute approximate surface area is 482 Å². The van der Waals surface area contributed by atoms with Gasteiger partial charge in [0, 0.05) is 32.0 Å². The minimum atomic E-state index is -1.62. The maximum atomic E-state index is 13.7. The highest BCUT2D eigenvalue weighted by Crippen LogP contribution is 2.16. The number of nitrogens with one attached hydrogen (secondary N) is 11. The lowest BCUT2D eigenvalue weighted by molar-refractivity contribution is -0.142. The van der Waals surface area contributed by atoms with E-state index < -0.39 is 145 Å². The average Bonchev–Trinajstić information content (AvgIpc) is 3.52. The summed E-state index contributed by atoms with van der Waals surface area (Å²) in [5, 5.41) is 37.7. The van der Waals surface area contributed by atoms with Crippen LogP contribution in [0, 0.1) is 11.8 Å². The van der Waals surface area contributed by atoms with E-state index in [1.807, 2.05) is 32.0 Å². The lowest BCUT2D eigenvalue weighted by atomic mass is 10.0. The Morgan fingerprint density at radius 3 is 1.52 bits per heavy atom. The zero-order valence-electron chi connectivity index (χ0n) is 47.9. The van der Waals surface area contributed by atoms with Gasteiger partial charge in [-0.05, 0) is 79.8 Å². The van der Waals surface area contributed by atoms with Crippen molar-refractivity contribution in [2.45, 2.75) is 129 Å². The molecule has 3 aromatic carbocycles. The molecule has 7 atom stereocenters. The summed E-state index contributed by atoms with van der Waals surface area (Å²) in [5.41, 5.74) is 7.55. The smallest absolute Gasteiger partial charge is 0.326 e. The fourth-order valence-electron chi connectivity index (χ4n) is 8.21. The number of amides is 11. The number of benzene rings is 3. The Balaban J connectivity index is 1.62. The highest BCUT2D eigenvalue weighted by molar-refractivity contribution is 5.98. The van der Waals surface area contributed by atoms with Crippen LogP contribution in [0.15, 0.2) is 84.9 Å². The van der Waals surface area contributed by atoms with Crippen LogP contribution in [0.2, 0.25) is 0 Å². The van der Waals surface area contributed by atoms with Crippen molar-refractivity contribution < 1.29 is 67.4 Å². The standard InChI is InChI=1S/C57H80N12O14/c1-33(2)26-42(67-55(79)43(64-36(6)70)27-37-16-10-8-11-17-37)53(77)61-30-47(72)65-41(20-14-15-25-59-39-21-23-40(83-7)24-22-39)52(76)60-32-49(74)69-50(34(3)4)56(80)62-31-48(73)66-44(29-46(58)71)54(78)63-35(5)51(75)68-45(57(81)82)28-38-18-12-9-13-19-38/h8-13,16-19,21-24,33-35,41-45,50,59H,14-15,20,25-32H2,1-7H3,(H2,58,71)(H,60,76)(H,61,77)(H,62,80)(H,63,78)(H,64,70)(H,65,72)(H,66,73)(H,67,79)(H,68,75)(H,69,74)(H,81,82)/t35-,41-,42-,43-,44-,45-,50-/m0/s1. The van der Waals surface area contributed by atoms with Crippen LogP contribution in [-0.2, 0) is 70.4 Å². The lowest BCUT2D eigenvalue weighted by Gasteiger charge is -2.24. The molecule has 0 aliphatic heterocycles. The van der Waals surface area contributed by atoms with Gasteiger partial charge >= 0.3 is 5.97 Å². The zero-order valence-corrected chi connectivity index (χ0v) is 47.9. The molecule has 0 unspecified atom stereocenters. The fourth-order valence-corrected chi connectivity index (χ4v) is 8.21. The van der Waals surface area contributed by atoms with Gasteiger partial charge in [-0.25, -0.2) is 4.79 Å². The Kier molecular flexibility index (Phi) is 29.2. The number of aliphatic carboxylic acids is 1. The molecular weight excluding hydrogens is 1080 g/mol. The second kappa shape index (κ2) is 35.6. The van der Waals surface area contributed by atoms with Crippen molar-refractivity contribution in [3.05, 3.63) is 96.1 Å². The molecule has 0 saturated heterocycles. The number of anilines is 1. The van der Waals surface area contributed by atoms with Crippen LogP contribution in [0.3, 0.4) is 0 Å². The number of hydrogen-bond acceptors (Lipinski definition) is 14. The van der Waals surface area contributed by atoms with Crippen molar-refractivity contribution in [2.75, 3.05) is 38.6 Å². The van der Waals surface area contributed by atoms with Gasteiger partial charge in [-0.2, -0.15) is 0 Å². The Morgan fingerprint density at radius 1 is 0.518 bits per heavy atom.